The maximum atomic E-state index is 10.8. The molecule has 1 rings (SSSR count). The van der Waals surface area contributed by atoms with E-state index < -0.39 is 12.0 Å². The van der Waals surface area contributed by atoms with Gasteiger partial charge in [0.25, 0.3) is 0 Å². The van der Waals surface area contributed by atoms with E-state index in [4.69, 9.17) is 28.3 Å². The van der Waals surface area contributed by atoms with E-state index in [1.807, 2.05) is 13.0 Å². The molecule has 0 saturated carbocycles. The van der Waals surface area contributed by atoms with E-state index in [-0.39, 0.29) is 6.04 Å². The molecule has 5 heteroatoms. The van der Waals surface area contributed by atoms with E-state index in [0.29, 0.717) is 16.5 Å². The summed E-state index contributed by atoms with van der Waals surface area (Å²) in [7, 11) is 0. The number of carboxylic acids is 1. The van der Waals surface area contributed by atoms with Gasteiger partial charge in [0, 0.05) is 16.1 Å². The lowest BCUT2D eigenvalue weighted by atomic mass is 10.0. The lowest BCUT2D eigenvalue weighted by molar-refractivity contribution is -0.139. The minimum atomic E-state index is -0.851. The highest BCUT2D eigenvalue weighted by Gasteiger charge is 2.16. The maximum absolute atomic E-state index is 10.8. The van der Waals surface area contributed by atoms with Gasteiger partial charge in [-0.3, -0.25) is 4.79 Å². The smallest absolute Gasteiger partial charge is 0.320 e. The molecule has 2 atom stereocenters. The summed E-state index contributed by atoms with van der Waals surface area (Å²) in [6.07, 6.45) is 1.51. The monoisotopic (exact) mass is 289 g/mol. The van der Waals surface area contributed by atoms with Crippen molar-refractivity contribution < 1.29 is 9.90 Å². The number of rotatable bonds is 6. The molecule has 0 aromatic heterocycles. The predicted molar refractivity (Wildman–Crippen MR) is 74.5 cm³/mol. The molecule has 0 fully saturated rings. The van der Waals surface area contributed by atoms with Crippen LogP contribution in [0.1, 0.15) is 25.8 Å². The van der Waals surface area contributed by atoms with Crippen LogP contribution in [0, 0.1) is 0 Å². The summed E-state index contributed by atoms with van der Waals surface area (Å²) in [6, 6.07) is 4.87. The molecule has 0 heterocycles. The first kappa shape index (κ1) is 15.3. The third kappa shape index (κ3) is 4.48. The summed E-state index contributed by atoms with van der Waals surface area (Å²) in [5.74, 6) is -0.851. The third-order valence-corrected chi connectivity index (χ3v) is 3.42. The summed E-state index contributed by atoms with van der Waals surface area (Å²) >= 11 is 11.9. The minimum absolute atomic E-state index is 0.0785. The van der Waals surface area contributed by atoms with Crippen LogP contribution in [0.5, 0.6) is 0 Å². The Bertz CT molecular complexity index is 423. The van der Waals surface area contributed by atoms with Gasteiger partial charge in [0.05, 0.1) is 0 Å². The molecular formula is C13H17Cl2NO2. The molecule has 3 nitrogen and oxygen atoms in total. The second-order valence-corrected chi connectivity index (χ2v) is 5.12. The average molecular weight is 290 g/mol. The van der Waals surface area contributed by atoms with Crippen LogP contribution < -0.4 is 5.32 Å². The number of hydrogen-bond donors (Lipinski definition) is 2. The summed E-state index contributed by atoms with van der Waals surface area (Å²) in [5.41, 5.74) is 0.970. The Morgan fingerprint density at radius 2 is 2.11 bits per heavy atom. The first-order valence-corrected chi connectivity index (χ1v) is 6.62. The summed E-state index contributed by atoms with van der Waals surface area (Å²) in [6.45, 7) is 3.64. The maximum Gasteiger partial charge on any atom is 0.320 e. The molecule has 1 aromatic rings. The number of nitrogens with one attached hydrogen (secondary N) is 1. The standard InChI is InChI=1S/C13H17Cl2NO2/c1-3-11(16-8(2)13(17)18)6-9-4-5-10(14)7-12(9)15/h4-5,7-8,11,16H,3,6H2,1-2H3,(H,17,18)/t8-,11?/m1/s1. The SMILES string of the molecule is CCC(Cc1ccc(Cl)cc1Cl)N[C@H](C)C(=O)O. The van der Waals surface area contributed by atoms with E-state index in [0.717, 1.165) is 12.0 Å². The second kappa shape index (κ2) is 6.98. The van der Waals surface area contributed by atoms with Crippen LogP contribution >= 0.6 is 23.2 Å². The Hall–Kier alpha value is -0.770. The highest BCUT2D eigenvalue weighted by molar-refractivity contribution is 6.35. The van der Waals surface area contributed by atoms with Crippen molar-refractivity contribution in [3.8, 4) is 0 Å². The van der Waals surface area contributed by atoms with Crippen LogP contribution in [0.3, 0.4) is 0 Å². The molecule has 0 spiro atoms. The summed E-state index contributed by atoms with van der Waals surface area (Å²) in [5, 5.41) is 13.2. The fourth-order valence-electron chi connectivity index (χ4n) is 1.70. The lowest BCUT2D eigenvalue weighted by Crippen LogP contribution is -2.42. The lowest BCUT2D eigenvalue weighted by Gasteiger charge is -2.20. The largest absolute Gasteiger partial charge is 0.480 e. The molecule has 1 aromatic carbocycles. The van der Waals surface area contributed by atoms with Crippen molar-refractivity contribution in [3.05, 3.63) is 33.8 Å². The van der Waals surface area contributed by atoms with Gasteiger partial charge in [-0.05, 0) is 37.5 Å². The minimum Gasteiger partial charge on any atom is -0.480 e. The summed E-state index contributed by atoms with van der Waals surface area (Å²) in [4.78, 5) is 10.8. The molecule has 1 unspecified atom stereocenters. The molecule has 100 valence electrons. The Kier molecular flexibility index (Phi) is 5.93. The number of carbonyl (C=O) groups is 1. The molecule has 0 bridgehead atoms. The Morgan fingerprint density at radius 1 is 1.44 bits per heavy atom. The van der Waals surface area contributed by atoms with Crippen LogP contribution in [0.4, 0.5) is 0 Å². The molecule has 0 aliphatic carbocycles. The van der Waals surface area contributed by atoms with Crippen molar-refractivity contribution in [2.24, 2.45) is 0 Å². The average Bonchev–Trinajstić information content (AvgIpc) is 2.31. The predicted octanol–water partition coefficient (Wildman–Crippen LogP) is 3.38. The number of carboxylic acid groups (broad SMARTS) is 1. The molecular weight excluding hydrogens is 273 g/mol. The fourth-order valence-corrected chi connectivity index (χ4v) is 2.18. The van der Waals surface area contributed by atoms with Crippen molar-refractivity contribution in [2.45, 2.75) is 38.8 Å². The van der Waals surface area contributed by atoms with E-state index in [1.54, 1.807) is 19.1 Å². The normalized spacial score (nSPS) is 14.2. The Labute approximate surface area is 117 Å². The van der Waals surface area contributed by atoms with Gasteiger partial charge in [0.15, 0.2) is 0 Å². The zero-order chi connectivity index (χ0) is 13.7. The number of benzene rings is 1. The van der Waals surface area contributed by atoms with E-state index in [2.05, 4.69) is 5.32 Å². The number of halogens is 2. The fraction of sp³-hybridized carbons (Fsp3) is 0.462. The topological polar surface area (TPSA) is 49.3 Å². The zero-order valence-corrected chi connectivity index (χ0v) is 11.9. The first-order chi connectivity index (χ1) is 8.43. The van der Waals surface area contributed by atoms with Crippen LogP contribution in [0.15, 0.2) is 18.2 Å². The quantitative estimate of drug-likeness (QED) is 0.844. The number of aliphatic carboxylic acids is 1. The van der Waals surface area contributed by atoms with Crippen molar-refractivity contribution in [3.63, 3.8) is 0 Å². The zero-order valence-electron chi connectivity index (χ0n) is 10.4. The van der Waals surface area contributed by atoms with Crippen molar-refractivity contribution in [2.75, 3.05) is 0 Å². The van der Waals surface area contributed by atoms with Crippen molar-refractivity contribution >= 4 is 29.2 Å². The van der Waals surface area contributed by atoms with Gasteiger partial charge in [-0.25, -0.2) is 0 Å². The first-order valence-electron chi connectivity index (χ1n) is 5.86. The summed E-state index contributed by atoms with van der Waals surface area (Å²) < 4.78 is 0. The molecule has 0 amide bonds. The second-order valence-electron chi connectivity index (χ2n) is 4.27. The molecule has 2 N–H and O–H groups in total. The Morgan fingerprint density at radius 3 is 2.61 bits per heavy atom. The Balaban J connectivity index is 2.70. The van der Waals surface area contributed by atoms with Crippen LogP contribution in [0.2, 0.25) is 10.0 Å². The van der Waals surface area contributed by atoms with Gasteiger partial charge in [-0.2, -0.15) is 0 Å². The molecule has 18 heavy (non-hydrogen) atoms. The third-order valence-electron chi connectivity index (χ3n) is 2.83. The molecule has 0 aliphatic rings. The van der Waals surface area contributed by atoms with Crippen molar-refractivity contribution in [1.82, 2.24) is 5.32 Å². The van der Waals surface area contributed by atoms with Crippen molar-refractivity contribution in [1.29, 1.82) is 0 Å². The van der Waals surface area contributed by atoms with Gasteiger partial charge in [0.1, 0.15) is 6.04 Å². The number of hydrogen-bond acceptors (Lipinski definition) is 2. The van der Waals surface area contributed by atoms with Crippen LogP contribution in [-0.4, -0.2) is 23.2 Å². The van der Waals surface area contributed by atoms with Crippen LogP contribution in [0.25, 0.3) is 0 Å². The van der Waals surface area contributed by atoms with Gasteiger partial charge >= 0.3 is 5.97 Å². The van der Waals surface area contributed by atoms with Gasteiger partial charge in [0.2, 0.25) is 0 Å². The van der Waals surface area contributed by atoms with Gasteiger partial charge < -0.3 is 10.4 Å². The van der Waals surface area contributed by atoms with Crippen LogP contribution in [-0.2, 0) is 11.2 Å². The van der Waals surface area contributed by atoms with Gasteiger partial charge in [-0.15, -0.1) is 0 Å². The molecule has 0 radical (unpaired) electrons. The van der Waals surface area contributed by atoms with Gasteiger partial charge in [-0.1, -0.05) is 36.2 Å². The van der Waals surface area contributed by atoms with E-state index >= 15 is 0 Å². The molecule has 0 aliphatic heterocycles. The van der Waals surface area contributed by atoms with E-state index in [1.165, 1.54) is 0 Å². The van der Waals surface area contributed by atoms with E-state index in [9.17, 15) is 4.79 Å². The highest BCUT2D eigenvalue weighted by Crippen LogP contribution is 2.22. The highest BCUT2D eigenvalue weighted by atomic mass is 35.5. The molecule has 0 saturated heterocycles.